The van der Waals surface area contributed by atoms with E-state index < -0.39 is 0 Å². The van der Waals surface area contributed by atoms with Crippen LogP contribution in [0.3, 0.4) is 0 Å². The molecule has 2 aromatic heterocycles. The van der Waals surface area contributed by atoms with Gasteiger partial charge in [0.2, 0.25) is 5.95 Å². The van der Waals surface area contributed by atoms with Crippen molar-refractivity contribution in [1.29, 1.82) is 0 Å². The lowest BCUT2D eigenvalue weighted by Gasteiger charge is -2.16. The van der Waals surface area contributed by atoms with Crippen molar-refractivity contribution in [2.24, 2.45) is 0 Å². The van der Waals surface area contributed by atoms with Gasteiger partial charge >= 0.3 is 0 Å². The Balaban J connectivity index is 1.40. The van der Waals surface area contributed by atoms with Gasteiger partial charge in [0.15, 0.2) is 0 Å². The largest absolute Gasteiger partial charge is 0.277 e. The van der Waals surface area contributed by atoms with Crippen molar-refractivity contribution in [3.8, 4) is 39.5 Å². The molecule has 1 aliphatic carbocycles. The Kier molecular flexibility index (Phi) is 4.84. The van der Waals surface area contributed by atoms with Crippen LogP contribution in [0.4, 0.5) is 0 Å². The van der Waals surface area contributed by atoms with Gasteiger partial charge < -0.3 is 0 Å². The third kappa shape index (κ3) is 3.25. The van der Waals surface area contributed by atoms with Crippen molar-refractivity contribution < 1.29 is 0 Å². The Hall–Kier alpha value is -6.32. The van der Waals surface area contributed by atoms with Crippen LogP contribution in [0.1, 0.15) is 0 Å². The minimum atomic E-state index is 0.680. The van der Waals surface area contributed by atoms with Crippen LogP contribution in [0.5, 0.6) is 0 Å². The van der Waals surface area contributed by atoms with Crippen molar-refractivity contribution in [1.82, 2.24) is 14.5 Å². The van der Waals surface area contributed by atoms with Crippen molar-refractivity contribution in [3.05, 3.63) is 152 Å². The average molecular weight is 596 g/mol. The predicted octanol–water partition coefficient (Wildman–Crippen LogP) is 11.5. The molecule has 0 N–H and O–H groups in total. The van der Waals surface area contributed by atoms with Crippen LogP contribution in [-0.2, 0) is 0 Å². The average Bonchev–Trinajstić information content (AvgIpc) is 3.44. The van der Waals surface area contributed by atoms with Crippen LogP contribution in [0, 0.1) is 0 Å². The second-order valence-electron chi connectivity index (χ2n) is 12.5. The molecule has 3 heteroatoms. The second-order valence-corrected chi connectivity index (χ2v) is 12.5. The van der Waals surface area contributed by atoms with Crippen LogP contribution < -0.4 is 0 Å². The summed E-state index contributed by atoms with van der Waals surface area (Å²) >= 11 is 0. The Labute approximate surface area is 270 Å². The lowest BCUT2D eigenvalue weighted by Crippen LogP contribution is -2.04. The summed E-state index contributed by atoms with van der Waals surface area (Å²) in [6.07, 6.45) is 0. The Bertz CT molecular complexity index is 2950. The van der Waals surface area contributed by atoms with E-state index in [-0.39, 0.29) is 0 Å². The molecule has 11 rings (SSSR count). The third-order valence-corrected chi connectivity index (χ3v) is 10.1. The molecule has 2 heterocycles. The smallest absolute Gasteiger partial charge is 0.235 e. The minimum Gasteiger partial charge on any atom is -0.277 e. The van der Waals surface area contributed by atoms with Gasteiger partial charge in [-0.15, -0.1) is 0 Å². The highest BCUT2D eigenvalue weighted by Gasteiger charge is 2.27. The number of aromatic nitrogens is 3. The Morgan fingerprint density at radius 2 is 1.02 bits per heavy atom. The molecule has 0 atom stereocenters. The van der Waals surface area contributed by atoms with E-state index in [0.717, 1.165) is 38.6 Å². The molecule has 0 spiro atoms. The fraction of sp³-hybridized carbons (Fsp3) is 0. The molecule has 216 valence electrons. The van der Waals surface area contributed by atoms with Gasteiger partial charge in [-0.05, 0) is 55.9 Å². The summed E-state index contributed by atoms with van der Waals surface area (Å²) in [6.45, 7) is 0. The van der Waals surface area contributed by atoms with Gasteiger partial charge in [-0.25, -0.2) is 9.97 Å². The second kappa shape index (κ2) is 9.12. The van der Waals surface area contributed by atoms with Gasteiger partial charge in [0.05, 0.1) is 22.2 Å². The first kappa shape index (κ1) is 24.9. The minimum absolute atomic E-state index is 0.680. The van der Waals surface area contributed by atoms with E-state index in [0.29, 0.717) is 5.95 Å². The Morgan fingerprint density at radius 3 is 1.85 bits per heavy atom. The molecule has 0 radical (unpaired) electrons. The molecule has 0 saturated heterocycles. The molecular weight excluding hydrogens is 571 g/mol. The summed E-state index contributed by atoms with van der Waals surface area (Å²) in [5.41, 5.74) is 10.2. The zero-order chi connectivity index (χ0) is 30.6. The standard InChI is InChI=1S/C44H25N3/c1-2-13-27(14-3-1)42-39-28-15-5-4-12-26(28)24-25-36(39)45-44(46-42)47-37-23-11-22-34-30-17-7-6-16-29(30)32-20-10-21-33-31-18-8-9-19-35(31)43(47)41(38(32)33)40(34)37/h1-25H. The lowest BCUT2D eigenvalue weighted by atomic mass is 9.91. The quantitative estimate of drug-likeness (QED) is 0.186. The molecule has 10 aromatic rings. The molecule has 0 saturated carbocycles. The molecule has 0 bridgehead atoms. The van der Waals surface area contributed by atoms with Crippen LogP contribution in [-0.4, -0.2) is 14.5 Å². The number of fused-ring (bicyclic) bond motifs is 9. The van der Waals surface area contributed by atoms with Crippen LogP contribution in [0.15, 0.2) is 152 Å². The summed E-state index contributed by atoms with van der Waals surface area (Å²) in [5.74, 6) is 0.680. The van der Waals surface area contributed by atoms with Gasteiger partial charge in [0.25, 0.3) is 0 Å². The van der Waals surface area contributed by atoms with E-state index in [9.17, 15) is 0 Å². The number of benzene rings is 8. The van der Waals surface area contributed by atoms with E-state index in [2.05, 4.69) is 156 Å². The predicted molar refractivity (Wildman–Crippen MR) is 196 cm³/mol. The maximum Gasteiger partial charge on any atom is 0.235 e. The maximum absolute atomic E-state index is 5.52. The lowest BCUT2D eigenvalue weighted by molar-refractivity contribution is 1.02. The molecule has 8 aromatic carbocycles. The Morgan fingerprint density at radius 1 is 0.383 bits per heavy atom. The molecule has 47 heavy (non-hydrogen) atoms. The highest BCUT2D eigenvalue weighted by molar-refractivity contribution is 6.37. The van der Waals surface area contributed by atoms with Gasteiger partial charge in [0.1, 0.15) is 0 Å². The van der Waals surface area contributed by atoms with Gasteiger partial charge in [-0.1, -0.05) is 140 Å². The first-order chi connectivity index (χ1) is 23.3. The summed E-state index contributed by atoms with van der Waals surface area (Å²) in [7, 11) is 0. The maximum atomic E-state index is 5.52. The molecule has 0 unspecified atom stereocenters. The van der Waals surface area contributed by atoms with E-state index in [1.807, 2.05) is 0 Å². The summed E-state index contributed by atoms with van der Waals surface area (Å²) in [4.78, 5) is 10.9. The third-order valence-electron chi connectivity index (χ3n) is 10.1. The van der Waals surface area contributed by atoms with Gasteiger partial charge in [-0.2, -0.15) is 0 Å². The molecule has 1 aliphatic rings. The van der Waals surface area contributed by atoms with Crippen molar-refractivity contribution in [3.63, 3.8) is 0 Å². The topological polar surface area (TPSA) is 30.7 Å². The monoisotopic (exact) mass is 595 g/mol. The fourth-order valence-corrected chi connectivity index (χ4v) is 8.21. The summed E-state index contributed by atoms with van der Waals surface area (Å²) in [5, 5.41) is 10.9. The number of nitrogens with zero attached hydrogens (tertiary/aromatic N) is 3. The highest BCUT2D eigenvalue weighted by Crippen LogP contribution is 2.51. The van der Waals surface area contributed by atoms with E-state index in [4.69, 9.17) is 9.97 Å². The molecule has 0 amide bonds. The molecule has 3 nitrogen and oxygen atoms in total. The van der Waals surface area contributed by atoms with Crippen LogP contribution >= 0.6 is 0 Å². The zero-order valence-corrected chi connectivity index (χ0v) is 25.3. The summed E-state index contributed by atoms with van der Waals surface area (Å²) < 4.78 is 2.34. The summed E-state index contributed by atoms with van der Waals surface area (Å²) in [6, 6.07) is 54.6. The molecule has 0 aliphatic heterocycles. The van der Waals surface area contributed by atoms with E-state index >= 15 is 0 Å². The first-order valence-electron chi connectivity index (χ1n) is 16.1. The molecular formula is C44H25N3. The zero-order valence-electron chi connectivity index (χ0n) is 25.3. The van der Waals surface area contributed by atoms with Gasteiger partial charge in [0, 0.05) is 32.5 Å². The SMILES string of the molecule is c1ccc(-c2nc(-n3c4cccc5c4c4c6c(cccc6c6ccccc6c43)-c3ccccc3-5)nc3ccc4ccccc4c23)cc1. The van der Waals surface area contributed by atoms with E-state index in [1.54, 1.807) is 0 Å². The van der Waals surface area contributed by atoms with Crippen LogP contribution in [0.25, 0.3) is 104 Å². The highest BCUT2D eigenvalue weighted by atomic mass is 15.2. The van der Waals surface area contributed by atoms with Crippen molar-refractivity contribution in [2.75, 3.05) is 0 Å². The molecule has 0 fully saturated rings. The number of hydrogen-bond acceptors (Lipinski definition) is 2. The fourth-order valence-electron chi connectivity index (χ4n) is 8.21. The van der Waals surface area contributed by atoms with E-state index in [1.165, 1.54) is 60.0 Å². The van der Waals surface area contributed by atoms with Gasteiger partial charge in [-0.3, -0.25) is 4.57 Å². The van der Waals surface area contributed by atoms with Crippen molar-refractivity contribution >= 4 is 65.0 Å². The van der Waals surface area contributed by atoms with Crippen molar-refractivity contribution in [2.45, 2.75) is 0 Å². The first-order valence-corrected chi connectivity index (χ1v) is 16.1. The normalized spacial score (nSPS) is 12.3. The number of rotatable bonds is 2. The number of hydrogen-bond donors (Lipinski definition) is 0. The van der Waals surface area contributed by atoms with Crippen LogP contribution in [0.2, 0.25) is 0 Å².